The third kappa shape index (κ3) is 7.20. The Bertz CT molecular complexity index is 1480. The molecule has 236 valence electrons. The minimum Gasteiger partial charge on any atom is -0.618 e. The van der Waals surface area contributed by atoms with Gasteiger partial charge in [0.25, 0.3) is 0 Å². The molecule has 0 saturated heterocycles. The standard InChI is InChI=1S/C33H39IN2O8/c1-38-29-13-14-35-20-24-26(36(37)21-27(29)35)9-8-10-28(24)43-16-7-5-6-15-42-22-11-12-25(34)30(17-22)44-23-18-31(39-2)33(41-4)32(19-23)40-3/h9,11-14,17-19,21,24,28H,5-8,10,15-16,20H2,1-4H3/t24-,28?/m0/s1. The maximum Gasteiger partial charge on any atom is 0.208 e. The summed E-state index contributed by atoms with van der Waals surface area (Å²) in [5.74, 6) is 4.23. The first-order valence-electron chi connectivity index (χ1n) is 14.7. The molecule has 0 radical (unpaired) electrons. The van der Waals surface area contributed by atoms with Crippen molar-refractivity contribution in [1.29, 1.82) is 0 Å². The van der Waals surface area contributed by atoms with Crippen molar-refractivity contribution in [2.45, 2.75) is 44.8 Å². The van der Waals surface area contributed by atoms with Crippen LogP contribution >= 0.6 is 22.6 Å². The molecule has 2 atom stereocenters. The lowest BCUT2D eigenvalue weighted by Crippen LogP contribution is -2.33. The van der Waals surface area contributed by atoms with Crippen LogP contribution in [0.3, 0.4) is 0 Å². The molecule has 2 aromatic carbocycles. The lowest BCUT2D eigenvalue weighted by molar-refractivity contribution is -0.409. The number of halogens is 1. The van der Waals surface area contributed by atoms with Crippen LogP contribution in [0, 0.1) is 14.7 Å². The van der Waals surface area contributed by atoms with Crippen LogP contribution in [-0.2, 0) is 11.3 Å². The largest absolute Gasteiger partial charge is 0.618 e. The number of allylic oxidation sites excluding steroid dienone is 1. The monoisotopic (exact) mass is 718 g/mol. The predicted octanol–water partition coefficient (Wildman–Crippen LogP) is 6.79. The summed E-state index contributed by atoms with van der Waals surface area (Å²) in [6.07, 6.45) is 10.2. The third-order valence-corrected chi connectivity index (χ3v) is 8.76. The summed E-state index contributed by atoms with van der Waals surface area (Å²) >= 11 is 2.24. The second-order valence-electron chi connectivity index (χ2n) is 10.6. The van der Waals surface area contributed by atoms with E-state index in [1.54, 1.807) is 46.8 Å². The van der Waals surface area contributed by atoms with Gasteiger partial charge in [-0.1, -0.05) is 0 Å². The summed E-state index contributed by atoms with van der Waals surface area (Å²) in [5.41, 5.74) is 1.58. The molecule has 2 heterocycles. The number of aromatic nitrogens is 1. The highest BCUT2D eigenvalue weighted by Gasteiger charge is 2.37. The van der Waals surface area contributed by atoms with Crippen LogP contribution in [0.2, 0.25) is 0 Å². The molecular weight excluding hydrogens is 679 g/mol. The minimum atomic E-state index is 0.00583. The average Bonchev–Trinajstić information content (AvgIpc) is 3.35. The van der Waals surface area contributed by atoms with Crippen molar-refractivity contribution in [2.24, 2.45) is 5.92 Å². The molecule has 0 spiro atoms. The van der Waals surface area contributed by atoms with Gasteiger partial charge in [-0.2, -0.15) is 4.74 Å². The van der Waals surface area contributed by atoms with Crippen LogP contribution in [0.5, 0.6) is 40.2 Å². The van der Waals surface area contributed by atoms with Crippen molar-refractivity contribution >= 4 is 28.8 Å². The Labute approximate surface area is 271 Å². The minimum absolute atomic E-state index is 0.00583. The van der Waals surface area contributed by atoms with Crippen molar-refractivity contribution in [3.63, 3.8) is 0 Å². The lowest BCUT2D eigenvalue weighted by Gasteiger charge is -2.29. The van der Waals surface area contributed by atoms with E-state index in [-0.39, 0.29) is 12.0 Å². The molecular formula is C33H39IN2O8. The van der Waals surface area contributed by atoms with E-state index in [0.717, 1.165) is 57.6 Å². The number of nitrogens with zero attached hydrogens (tertiary/aromatic N) is 2. The third-order valence-electron chi connectivity index (χ3n) is 7.87. The van der Waals surface area contributed by atoms with E-state index in [1.807, 2.05) is 30.5 Å². The predicted molar refractivity (Wildman–Crippen MR) is 175 cm³/mol. The van der Waals surface area contributed by atoms with Gasteiger partial charge in [0.05, 0.1) is 50.6 Å². The van der Waals surface area contributed by atoms with Gasteiger partial charge < -0.3 is 42.9 Å². The van der Waals surface area contributed by atoms with E-state index in [9.17, 15) is 5.21 Å². The van der Waals surface area contributed by atoms with Gasteiger partial charge in [-0.25, -0.2) is 0 Å². The van der Waals surface area contributed by atoms with Gasteiger partial charge in [0.2, 0.25) is 12.0 Å². The van der Waals surface area contributed by atoms with Gasteiger partial charge in [-0.15, -0.1) is 0 Å². The van der Waals surface area contributed by atoms with Crippen molar-refractivity contribution in [1.82, 2.24) is 4.57 Å². The van der Waals surface area contributed by atoms with E-state index in [2.05, 4.69) is 33.2 Å². The number of fused-ring (bicyclic) bond motifs is 2. The average molecular weight is 719 g/mol. The van der Waals surface area contributed by atoms with Crippen LogP contribution in [0.1, 0.15) is 37.8 Å². The molecule has 0 bridgehead atoms. The zero-order valence-corrected chi connectivity index (χ0v) is 27.7. The smallest absolute Gasteiger partial charge is 0.208 e. The summed E-state index contributed by atoms with van der Waals surface area (Å²) in [7, 11) is 6.33. The molecule has 5 rings (SSSR count). The van der Waals surface area contributed by atoms with E-state index >= 15 is 0 Å². The SMILES string of the molecule is COc1cc(Oc2cc(OCCCCCOC3CCC=C4[C@@H]3Cn3ccc(OC)c3C=[N+]4[O-])ccc2I)cc(OC)c1OC. The first-order chi connectivity index (χ1) is 21.4. The molecule has 44 heavy (non-hydrogen) atoms. The fourth-order valence-corrected chi connectivity index (χ4v) is 6.08. The Morgan fingerprint density at radius 3 is 2.32 bits per heavy atom. The maximum atomic E-state index is 12.9. The topological polar surface area (TPSA) is 95.6 Å². The molecule has 0 N–H and O–H groups in total. The Morgan fingerprint density at radius 2 is 1.59 bits per heavy atom. The fraction of sp³-hybridized carbons (Fsp3) is 0.424. The van der Waals surface area contributed by atoms with Crippen LogP contribution in [-0.4, -0.2) is 63.3 Å². The van der Waals surface area contributed by atoms with Gasteiger partial charge in [0, 0.05) is 37.5 Å². The van der Waals surface area contributed by atoms with Crippen LogP contribution in [0.15, 0.2) is 54.4 Å². The van der Waals surface area contributed by atoms with Crippen molar-refractivity contribution < 1.29 is 37.9 Å². The summed E-state index contributed by atoms with van der Waals surface area (Å²) < 4.78 is 44.3. The Morgan fingerprint density at radius 1 is 0.864 bits per heavy atom. The highest BCUT2D eigenvalue weighted by molar-refractivity contribution is 14.1. The highest BCUT2D eigenvalue weighted by atomic mass is 127. The van der Waals surface area contributed by atoms with Gasteiger partial charge in [-0.05, 0) is 79.0 Å². The van der Waals surface area contributed by atoms with Crippen molar-refractivity contribution in [3.05, 3.63) is 68.8 Å². The fourth-order valence-electron chi connectivity index (χ4n) is 5.63. The van der Waals surface area contributed by atoms with Gasteiger partial charge in [-0.3, -0.25) is 0 Å². The van der Waals surface area contributed by atoms with Crippen LogP contribution in [0.25, 0.3) is 0 Å². The summed E-state index contributed by atoms with van der Waals surface area (Å²) in [5, 5.41) is 12.9. The number of ether oxygens (including phenoxy) is 7. The first kappa shape index (κ1) is 31.8. The number of hydroxylamine groups is 1. The molecule has 10 nitrogen and oxygen atoms in total. The van der Waals surface area contributed by atoms with Crippen molar-refractivity contribution in [2.75, 3.05) is 41.7 Å². The number of hydrogen-bond donors (Lipinski definition) is 0. The highest BCUT2D eigenvalue weighted by Crippen LogP contribution is 2.43. The number of unbranched alkanes of at least 4 members (excludes halogenated alkanes) is 2. The van der Waals surface area contributed by atoms with E-state index in [0.29, 0.717) is 54.3 Å². The zero-order chi connectivity index (χ0) is 31.1. The molecule has 11 heteroatoms. The molecule has 1 aliphatic carbocycles. The van der Waals surface area contributed by atoms with Crippen LogP contribution in [0.4, 0.5) is 0 Å². The normalized spacial score (nSPS) is 17.4. The molecule has 0 saturated carbocycles. The summed E-state index contributed by atoms with van der Waals surface area (Å²) in [4.78, 5) is 0. The van der Waals surface area contributed by atoms with Gasteiger partial charge >= 0.3 is 0 Å². The van der Waals surface area contributed by atoms with Crippen molar-refractivity contribution in [3.8, 4) is 40.2 Å². The second-order valence-corrected chi connectivity index (χ2v) is 11.7. The summed E-state index contributed by atoms with van der Waals surface area (Å²) in [6, 6.07) is 11.2. The number of rotatable bonds is 14. The molecule has 1 unspecified atom stereocenters. The quantitative estimate of drug-likeness (QED) is 0.0779. The van der Waals surface area contributed by atoms with E-state index in [1.165, 1.54) is 0 Å². The number of methoxy groups -OCH3 is 4. The number of benzene rings is 2. The molecule has 2 aliphatic rings. The zero-order valence-electron chi connectivity index (χ0n) is 25.5. The molecule has 0 fully saturated rings. The Hall–Kier alpha value is -3.58. The van der Waals surface area contributed by atoms with E-state index in [4.69, 9.17) is 33.2 Å². The molecule has 1 aliphatic heterocycles. The van der Waals surface area contributed by atoms with Gasteiger partial charge in [0.15, 0.2) is 17.2 Å². The Kier molecular flexibility index (Phi) is 10.8. The Balaban J connectivity index is 1.09. The first-order valence-corrected chi connectivity index (χ1v) is 15.8. The molecule has 0 amide bonds. The maximum absolute atomic E-state index is 12.9. The lowest BCUT2D eigenvalue weighted by atomic mass is 9.89. The van der Waals surface area contributed by atoms with Gasteiger partial charge in [0.1, 0.15) is 28.7 Å². The second kappa shape index (κ2) is 14.9. The number of hydrogen-bond acceptors (Lipinski definition) is 8. The van der Waals surface area contributed by atoms with E-state index < -0.39 is 0 Å². The molecule has 3 aromatic rings. The summed E-state index contributed by atoms with van der Waals surface area (Å²) in [6.45, 7) is 1.93. The van der Waals surface area contributed by atoms with Crippen LogP contribution < -0.4 is 28.4 Å². The molecule has 1 aromatic heterocycles.